The average molecular weight is 540 g/mol. The highest BCUT2D eigenvalue weighted by molar-refractivity contribution is 14.1. The molecule has 0 bridgehead atoms. The molecule has 1 aromatic carbocycles. The number of nitrogens with two attached hydrogens (primary N) is 1. The maximum atomic E-state index is 13.4. The lowest BCUT2D eigenvalue weighted by atomic mass is 9.60. The van der Waals surface area contributed by atoms with E-state index in [0.29, 0.717) is 9.13 Å². The van der Waals surface area contributed by atoms with Gasteiger partial charge in [-0.25, -0.2) is 0 Å². The molecule has 10 heteroatoms. The molecule has 0 fully saturated rings. The van der Waals surface area contributed by atoms with Crippen LogP contribution in [0.1, 0.15) is 28.8 Å². The summed E-state index contributed by atoms with van der Waals surface area (Å²) in [6.45, 7) is 0. The second-order valence-corrected chi connectivity index (χ2v) is 9.55. The number of anilines is 1. The maximum Gasteiger partial charge on any atom is 0.255 e. The van der Waals surface area contributed by atoms with E-state index in [4.69, 9.17) is 5.73 Å². The van der Waals surface area contributed by atoms with Gasteiger partial charge in [0.2, 0.25) is 5.78 Å². The number of carbonyl (C=O) groups is 3. The van der Waals surface area contributed by atoms with E-state index in [-0.39, 0.29) is 36.1 Å². The molecule has 9 nitrogen and oxygen atoms in total. The molecule has 0 radical (unpaired) electrons. The lowest BCUT2D eigenvalue weighted by Gasteiger charge is -2.45. The Labute approximate surface area is 191 Å². The molecule has 0 spiro atoms. The number of amides is 1. The standard InChI is InChI=1S/C21H21IN2O7/c1-24(2)11-6-10(22)16(26)14-9(11)4-7-3-8-5-12(25)15(20(23)30)19(29)21(8,31)18(28)13(7)17(14)27/h6-8,25-26,28,31H,3-5H2,1-2H3,(H2,23,30)/t7?,8?,21-/m0/s1. The minimum absolute atomic E-state index is 0.0206. The first-order valence-corrected chi connectivity index (χ1v) is 10.7. The number of phenolic OH excluding ortho intramolecular Hbond substituents is 1. The van der Waals surface area contributed by atoms with Crippen molar-refractivity contribution in [2.75, 3.05) is 19.0 Å². The number of hydrogen-bond donors (Lipinski definition) is 5. The zero-order valence-corrected chi connectivity index (χ0v) is 18.9. The lowest BCUT2D eigenvalue weighted by Crippen LogP contribution is -2.57. The van der Waals surface area contributed by atoms with Crippen molar-refractivity contribution in [3.63, 3.8) is 0 Å². The number of nitrogens with zero attached hydrogens (tertiary/aromatic N) is 1. The fraction of sp³-hybridized carbons (Fsp3) is 0.381. The Morgan fingerprint density at radius 1 is 1.23 bits per heavy atom. The van der Waals surface area contributed by atoms with Gasteiger partial charge in [0.25, 0.3) is 5.91 Å². The molecule has 0 heterocycles. The molecule has 3 aliphatic carbocycles. The summed E-state index contributed by atoms with van der Waals surface area (Å²) in [5.74, 6) is -6.22. The molecule has 0 saturated heterocycles. The summed E-state index contributed by atoms with van der Waals surface area (Å²) in [4.78, 5) is 39.8. The lowest BCUT2D eigenvalue weighted by molar-refractivity contribution is -0.144. The third-order valence-electron chi connectivity index (χ3n) is 6.47. The van der Waals surface area contributed by atoms with Crippen molar-refractivity contribution in [2.24, 2.45) is 17.6 Å². The van der Waals surface area contributed by atoms with E-state index >= 15 is 0 Å². The van der Waals surface area contributed by atoms with E-state index < -0.39 is 52.0 Å². The molecule has 1 aromatic rings. The van der Waals surface area contributed by atoms with Crippen molar-refractivity contribution in [1.82, 2.24) is 0 Å². The summed E-state index contributed by atoms with van der Waals surface area (Å²) in [5.41, 5.74) is 3.07. The number of carbonyl (C=O) groups excluding carboxylic acids is 3. The van der Waals surface area contributed by atoms with Gasteiger partial charge in [0.1, 0.15) is 22.8 Å². The van der Waals surface area contributed by atoms with E-state index in [9.17, 15) is 34.8 Å². The number of Topliss-reactive ketones (excluding diaryl/α,β-unsaturated/α-hetero) is 2. The van der Waals surface area contributed by atoms with Crippen LogP contribution in [0, 0.1) is 15.4 Å². The molecule has 1 amide bonds. The number of halogens is 1. The molecule has 164 valence electrons. The number of aromatic hydroxyl groups is 1. The number of allylic oxidation sites excluding steroid dienone is 2. The normalized spacial score (nSPS) is 27.6. The van der Waals surface area contributed by atoms with Gasteiger partial charge < -0.3 is 31.1 Å². The number of rotatable bonds is 2. The van der Waals surface area contributed by atoms with Gasteiger partial charge in [-0.05, 0) is 53.0 Å². The summed E-state index contributed by atoms with van der Waals surface area (Å²) < 4.78 is 0.442. The predicted molar refractivity (Wildman–Crippen MR) is 118 cm³/mol. The summed E-state index contributed by atoms with van der Waals surface area (Å²) in [7, 11) is 3.62. The largest absolute Gasteiger partial charge is 0.511 e. The van der Waals surface area contributed by atoms with Gasteiger partial charge in [0, 0.05) is 37.7 Å². The zero-order chi connectivity index (χ0) is 23.0. The third-order valence-corrected chi connectivity index (χ3v) is 7.30. The first-order valence-electron chi connectivity index (χ1n) is 9.60. The summed E-state index contributed by atoms with van der Waals surface area (Å²) in [6.07, 6.45) is 0.156. The summed E-state index contributed by atoms with van der Waals surface area (Å²) >= 11 is 1.90. The van der Waals surface area contributed by atoms with Gasteiger partial charge in [-0.3, -0.25) is 14.4 Å². The molecule has 6 N–H and O–H groups in total. The third kappa shape index (κ3) is 2.80. The molecule has 3 atom stereocenters. The van der Waals surface area contributed by atoms with Gasteiger partial charge in [0.05, 0.1) is 9.13 Å². The first kappa shape index (κ1) is 21.6. The Bertz CT molecular complexity index is 1140. The van der Waals surface area contributed by atoms with Crippen LogP contribution in [-0.2, 0) is 16.0 Å². The molecule has 0 saturated carbocycles. The van der Waals surface area contributed by atoms with Crippen molar-refractivity contribution in [2.45, 2.75) is 24.9 Å². The number of primary amides is 1. The van der Waals surface area contributed by atoms with E-state index in [1.54, 1.807) is 6.07 Å². The topological polar surface area (TPSA) is 161 Å². The van der Waals surface area contributed by atoms with E-state index in [2.05, 4.69) is 0 Å². The van der Waals surface area contributed by atoms with Gasteiger partial charge in [-0.2, -0.15) is 0 Å². The van der Waals surface area contributed by atoms with Crippen LogP contribution in [0.3, 0.4) is 0 Å². The quantitative estimate of drug-likeness (QED) is 0.277. The number of phenols is 1. The van der Waals surface area contributed by atoms with Gasteiger partial charge in [0.15, 0.2) is 11.4 Å². The summed E-state index contributed by atoms with van der Waals surface area (Å²) in [5, 5.41) is 43.0. The van der Waals surface area contributed by atoms with Crippen LogP contribution >= 0.6 is 22.6 Å². The minimum Gasteiger partial charge on any atom is -0.511 e. The Morgan fingerprint density at radius 3 is 2.45 bits per heavy atom. The van der Waals surface area contributed by atoms with Crippen molar-refractivity contribution in [3.05, 3.63) is 43.4 Å². The van der Waals surface area contributed by atoms with E-state index in [1.165, 1.54) is 0 Å². The first-order chi connectivity index (χ1) is 14.4. The molecule has 0 aromatic heterocycles. The number of hydrogen-bond acceptors (Lipinski definition) is 8. The van der Waals surface area contributed by atoms with Crippen molar-refractivity contribution < 1.29 is 34.8 Å². The molecule has 4 rings (SSSR count). The fourth-order valence-corrected chi connectivity index (χ4v) is 5.60. The fourth-order valence-electron chi connectivity index (χ4n) is 5.03. The molecule has 31 heavy (non-hydrogen) atoms. The van der Waals surface area contributed by atoms with E-state index in [1.807, 2.05) is 41.6 Å². The van der Waals surface area contributed by atoms with Crippen molar-refractivity contribution in [1.29, 1.82) is 0 Å². The second-order valence-electron chi connectivity index (χ2n) is 8.38. The Morgan fingerprint density at radius 2 is 1.87 bits per heavy atom. The van der Waals surface area contributed by atoms with Crippen LogP contribution in [0.25, 0.3) is 0 Å². The summed E-state index contributed by atoms with van der Waals surface area (Å²) in [6, 6.07) is 1.76. The Balaban J connectivity index is 1.94. The number of aliphatic hydroxyl groups is 3. The molecular formula is C21H21IN2O7. The zero-order valence-electron chi connectivity index (χ0n) is 16.8. The Kier molecular flexibility index (Phi) is 4.85. The van der Waals surface area contributed by atoms with Crippen LogP contribution in [-0.4, -0.2) is 57.6 Å². The minimum atomic E-state index is -2.54. The van der Waals surface area contributed by atoms with Crippen molar-refractivity contribution in [3.8, 4) is 5.75 Å². The van der Waals surface area contributed by atoms with Crippen LogP contribution < -0.4 is 10.6 Å². The van der Waals surface area contributed by atoms with E-state index in [0.717, 1.165) is 5.69 Å². The Hall–Kier alpha value is -2.60. The maximum absolute atomic E-state index is 13.4. The molecule has 3 aliphatic rings. The van der Waals surface area contributed by atoms with Gasteiger partial charge >= 0.3 is 0 Å². The SMILES string of the molecule is CN(C)c1cc(I)c(O)c2c1CC1CC3CC(O)=C(C(N)=O)C(=O)[C@@]3(O)C(O)=C1C2=O. The smallest absolute Gasteiger partial charge is 0.255 e. The average Bonchev–Trinajstić information content (AvgIpc) is 2.66. The number of fused-ring (bicyclic) bond motifs is 3. The monoisotopic (exact) mass is 540 g/mol. The highest BCUT2D eigenvalue weighted by Crippen LogP contribution is 2.52. The molecule has 2 unspecified atom stereocenters. The van der Waals surface area contributed by atoms with Crippen LogP contribution in [0.5, 0.6) is 5.75 Å². The highest BCUT2D eigenvalue weighted by atomic mass is 127. The van der Waals surface area contributed by atoms with Gasteiger partial charge in [-0.15, -0.1) is 0 Å². The molecular weight excluding hydrogens is 519 g/mol. The van der Waals surface area contributed by atoms with Crippen LogP contribution in [0.4, 0.5) is 5.69 Å². The number of aliphatic hydroxyl groups excluding tert-OH is 2. The van der Waals surface area contributed by atoms with Gasteiger partial charge in [-0.1, -0.05) is 0 Å². The second kappa shape index (κ2) is 6.95. The van der Waals surface area contributed by atoms with Crippen LogP contribution in [0.2, 0.25) is 0 Å². The van der Waals surface area contributed by atoms with Crippen molar-refractivity contribution >= 4 is 45.8 Å². The highest BCUT2D eigenvalue weighted by Gasteiger charge is 2.59. The molecule has 0 aliphatic heterocycles. The number of benzene rings is 1. The predicted octanol–water partition coefficient (Wildman–Crippen LogP) is 1.25. The number of ketones is 2. The van der Waals surface area contributed by atoms with Crippen LogP contribution in [0.15, 0.2) is 28.7 Å².